The minimum atomic E-state index is -0.657. The van der Waals surface area contributed by atoms with Gasteiger partial charge in [-0.25, -0.2) is 4.39 Å². The smallest absolute Gasteiger partial charge is 0.164 e. The number of hydrogen-bond donors (Lipinski definition) is 1. The fourth-order valence-electron chi connectivity index (χ4n) is 1.48. The molecule has 0 fully saturated rings. The summed E-state index contributed by atoms with van der Waals surface area (Å²) in [5, 5.41) is 9.24. The van der Waals surface area contributed by atoms with Crippen molar-refractivity contribution in [3.05, 3.63) is 53.8 Å². The molecular weight excluding hydrogens is 207 g/mol. The SMILES string of the molecule is O=Cc1cccc(-c2ccc(F)c(O)c2)c1. The first kappa shape index (κ1) is 10.4. The summed E-state index contributed by atoms with van der Waals surface area (Å²) in [5.74, 6) is -1.05. The summed E-state index contributed by atoms with van der Waals surface area (Å²) in [6.45, 7) is 0. The molecule has 2 rings (SSSR count). The minimum absolute atomic E-state index is 0.394. The molecule has 0 aromatic heterocycles. The molecule has 0 heterocycles. The van der Waals surface area contributed by atoms with Gasteiger partial charge in [0.05, 0.1) is 0 Å². The molecule has 80 valence electrons. The average molecular weight is 216 g/mol. The highest BCUT2D eigenvalue weighted by Crippen LogP contribution is 2.25. The third-order valence-corrected chi connectivity index (χ3v) is 2.30. The van der Waals surface area contributed by atoms with Crippen LogP contribution in [0.3, 0.4) is 0 Å². The van der Waals surface area contributed by atoms with Gasteiger partial charge in [0.1, 0.15) is 6.29 Å². The second-order valence-electron chi connectivity index (χ2n) is 3.41. The topological polar surface area (TPSA) is 37.3 Å². The number of hydrogen-bond acceptors (Lipinski definition) is 2. The summed E-state index contributed by atoms with van der Waals surface area (Å²) in [7, 11) is 0. The lowest BCUT2D eigenvalue weighted by Crippen LogP contribution is -1.83. The first-order chi connectivity index (χ1) is 7.70. The van der Waals surface area contributed by atoms with Crippen LogP contribution >= 0.6 is 0 Å². The van der Waals surface area contributed by atoms with E-state index in [4.69, 9.17) is 0 Å². The molecule has 0 amide bonds. The molecule has 3 heteroatoms. The molecule has 2 nitrogen and oxygen atoms in total. The summed E-state index contributed by atoms with van der Waals surface area (Å²) >= 11 is 0. The Morgan fingerprint density at radius 2 is 1.81 bits per heavy atom. The standard InChI is InChI=1S/C13H9FO2/c14-12-5-4-11(7-13(12)16)10-3-1-2-9(6-10)8-15/h1-8,16H. The molecule has 1 N–H and O–H groups in total. The normalized spacial score (nSPS) is 10.1. The molecule has 0 unspecified atom stereocenters. The Labute approximate surface area is 92.0 Å². The summed E-state index contributed by atoms with van der Waals surface area (Å²) in [5.41, 5.74) is 1.98. The highest BCUT2D eigenvalue weighted by Gasteiger charge is 2.03. The van der Waals surface area contributed by atoms with Crippen molar-refractivity contribution in [2.75, 3.05) is 0 Å². The van der Waals surface area contributed by atoms with E-state index >= 15 is 0 Å². The van der Waals surface area contributed by atoms with Gasteiger partial charge in [-0.3, -0.25) is 4.79 Å². The lowest BCUT2D eigenvalue weighted by atomic mass is 10.0. The van der Waals surface area contributed by atoms with Crippen LogP contribution in [0, 0.1) is 5.82 Å². The van der Waals surface area contributed by atoms with E-state index in [1.54, 1.807) is 30.3 Å². The van der Waals surface area contributed by atoms with Gasteiger partial charge in [-0.1, -0.05) is 24.3 Å². The maximum absolute atomic E-state index is 12.9. The van der Waals surface area contributed by atoms with E-state index in [-0.39, 0.29) is 0 Å². The number of rotatable bonds is 2. The van der Waals surface area contributed by atoms with E-state index in [2.05, 4.69) is 0 Å². The maximum atomic E-state index is 12.9. The second-order valence-corrected chi connectivity index (χ2v) is 3.41. The molecule has 0 aliphatic heterocycles. The van der Waals surface area contributed by atoms with Crippen LogP contribution < -0.4 is 0 Å². The van der Waals surface area contributed by atoms with E-state index in [0.29, 0.717) is 11.1 Å². The van der Waals surface area contributed by atoms with Crippen LogP contribution in [0.2, 0.25) is 0 Å². The van der Waals surface area contributed by atoms with Crippen LogP contribution in [0.1, 0.15) is 10.4 Å². The Bertz CT molecular complexity index is 535. The maximum Gasteiger partial charge on any atom is 0.164 e. The van der Waals surface area contributed by atoms with E-state index in [1.165, 1.54) is 12.1 Å². The van der Waals surface area contributed by atoms with Gasteiger partial charge in [0, 0.05) is 5.56 Å². The Balaban J connectivity index is 2.49. The fourth-order valence-corrected chi connectivity index (χ4v) is 1.48. The molecule has 0 saturated carbocycles. The molecule has 16 heavy (non-hydrogen) atoms. The van der Waals surface area contributed by atoms with Crippen molar-refractivity contribution in [3.8, 4) is 16.9 Å². The van der Waals surface area contributed by atoms with Crippen molar-refractivity contribution >= 4 is 6.29 Å². The molecule has 2 aromatic rings. The quantitative estimate of drug-likeness (QED) is 0.783. The summed E-state index contributed by atoms with van der Waals surface area (Å²) in [6.07, 6.45) is 0.743. The van der Waals surface area contributed by atoms with Gasteiger partial charge in [0.2, 0.25) is 0 Å². The van der Waals surface area contributed by atoms with Gasteiger partial charge >= 0.3 is 0 Å². The highest BCUT2D eigenvalue weighted by molar-refractivity contribution is 5.79. The number of halogens is 1. The molecule has 0 aliphatic carbocycles. The Morgan fingerprint density at radius 1 is 1.06 bits per heavy atom. The van der Waals surface area contributed by atoms with Crippen LogP contribution in [0.4, 0.5) is 4.39 Å². The zero-order valence-corrected chi connectivity index (χ0v) is 8.35. The Kier molecular flexibility index (Phi) is 2.68. The van der Waals surface area contributed by atoms with Gasteiger partial charge < -0.3 is 5.11 Å². The lowest BCUT2D eigenvalue weighted by Gasteiger charge is -2.03. The third kappa shape index (κ3) is 1.93. The van der Waals surface area contributed by atoms with Gasteiger partial charge in [-0.05, 0) is 29.3 Å². The van der Waals surface area contributed by atoms with E-state index in [0.717, 1.165) is 11.8 Å². The van der Waals surface area contributed by atoms with Crippen LogP contribution in [-0.4, -0.2) is 11.4 Å². The molecule has 2 aromatic carbocycles. The molecule has 0 aliphatic rings. The lowest BCUT2D eigenvalue weighted by molar-refractivity contribution is 0.112. The summed E-state index contributed by atoms with van der Waals surface area (Å²) in [6, 6.07) is 11.0. The van der Waals surface area contributed by atoms with Crippen molar-refractivity contribution in [1.82, 2.24) is 0 Å². The number of aromatic hydroxyl groups is 1. The Hall–Kier alpha value is -2.16. The number of carbonyl (C=O) groups excluding carboxylic acids is 1. The van der Waals surface area contributed by atoms with Gasteiger partial charge in [0.15, 0.2) is 11.6 Å². The van der Waals surface area contributed by atoms with E-state index in [1.807, 2.05) is 0 Å². The van der Waals surface area contributed by atoms with Crippen LogP contribution in [0.15, 0.2) is 42.5 Å². The average Bonchev–Trinajstić information content (AvgIpc) is 2.33. The number of aldehydes is 1. The van der Waals surface area contributed by atoms with Crippen molar-refractivity contribution < 1.29 is 14.3 Å². The first-order valence-corrected chi connectivity index (χ1v) is 4.75. The molecule has 0 atom stereocenters. The van der Waals surface area contributed by atoms with Crippen molar-refractivity contribution in [1.29, 1.82) is 0 Å². The molecule has 0 radical (unpaired) electrons. The van der Waals surface area contributed by atoms with Crippen LogP contribution in [0.5, 0.6) is 5.75 Å². The third-order valence-electron chi connectivity index (χ3n) is 2.30. The zero-order chi connectivity index (χ0) is 11.5. The number of phenols is 1. The van der Waals surface area contributed by atoms with Crippen molar-refractivity contribution in [2.45, 2.75) is 0 Å². The van der Waals surface area contributed by atoms with Gasteiger partial charge in [-0.15, -0.1) is 0 Å². The zero-order valence-electron chi connectivity index (χ0n) is 8.35. The largest absolute Gasteiger partial charge is 0.505 e. The summed E-state index contributed by atoms with van der Waals surface area (Å²) in [4.78, 5) is 10.6. The van der Waals surface area contributed by atoms with Crippen molar-refractivity contribution in [2.24, 2.45) is 0 Å². The predicted octanol–water partition coefficient (Wildman–Crippen LogP) is 3.01. The molecule has 0 spiro atoms. The van der Waals surface area contributed by atoms with Crippen LogP contribution in [-0.2, 0) is 0 Å². The first-order valence-electron chi connectivity index (χ1n) is 4.75. The fraction of sp³-hybridized carbons (Fsp3) is 0. The van der Waals surface area contributed by atoms with E-state index < -0.39 is 11.6 Å². The number of benzene rings is 2. The second kappa shape index (κ2) is 4.14. The van der Waals surface area contributed by atoms with Crippen molar-refractivity contribution in [3.63, 3.8) is 0 Å². The van der Waals surface area contributed by atoms with Gasteiger partial charge in [0.25, 0.3) is 0 Å². The van der Waals surface area contributed by atoms with Gasteiger partial charge in [-0.2, -0.15) is 0 Å². The predicted molar refractivity (Wildman–Crippen MR) is 58.9 cm³/mol. The molecule has 0 bridgehead atoms. The van der Waals surface area contributed by atoms with E-state index in [9.17, 15) is 14.3 Å². The number of carbonyl (C=O) groups is 1. The molecule has 0 saturated heterocycles. The number of phenolic OH excluding ortho intramolecular Hbond substituents is 1. The Morgan fingerprint density at radius 3 is 2.50 bits per heavy atom. The molecular formula is C13H9FO2. The van der Waals surface area contributed by atoms with Crippen LogP contribution in [0.25, 0.3) is 11.1 Å². The summed E-state index contributed by atoms with van der Waals surface area (Å²) < 4.78 is 12.9. The highest BCUT2D eigenvalue weighted by atomic mass is 19.1. The minimum Gasteiger partial charge on any atom is -0.505 e. The monoisotopic (exact) mass is 216 g/mol.